The molecule has 0 aliphatic heterocycles. The van der Waals surface area contributed by atoms with Gasteiger partial charge in [0.15, 0.2) is 6.21 Å². The number of rotatable bonds is 2. The SMILES string of the molecule is Cc1ccc([N+]([O-])=Cc2cccc(Cl)c2)cc1. The summed E-state index contributed by atoms with van der Waals surface area (Å²) in [6, 6.07) is 14.6. The van der Waals surface area contributed by atoms with Crippen molar-refractivity contribution < 1.29 is 4.74 Å². The molecule has 0 aliphatic carbocycles. The maximum Gasteiger partial charge on any atom is 0.216 e. The first-order valence-corrected chi connectivity index (χ1v) is 5.66. The summed E-state index contributed by atoms with van der Waals surface area (Å²) < 4.78 is 0.838. The van der Waals surface area contributed by atoms with Gasteiger partial charge < -0.3 is 5.21 Å². The molecule has 0 fully saturated rings. The Morgan fingerprint density at radius 1 is 1.12 bits per heavy atom. The molecule has 2 nitrogen and oxygen atoms in total. The van der Waals surface area contributed by atoms with Crippen molar-refractivity contribution in [3.63, 3.8) is 0 Å². The summed E-state index contributed by atoms with van der Waals surface area (Å²) >= 11 is 5.85. The van der Waals surface area contributed by atoms with Crippen molar-refractivity contribution in [3.8, 4) is 0 Å². The van der Waals surface area contributed by atoms with Crippen LogP contribution in [0.25, 0.3) is 0 Å². The maximum atomic E-state index is 11.9. The Labute approximate surface area is 105 Å². The van der Waals surface area contributed by atoms with Gasteiger partial charge in [0.2, 0.25) is 5.69 Å². The van der Waals surface area contributed by atoms with Gasteiger partial charge in [-0.15, -0.1) is 0 Å². The van der Waals surface area contributed by atoms with E-state index in [-0.39, 0.29) is 0 Å². The highest BCUT2D eigenvalue weighted by Gasteiger charge is 2.01. The smallest absolute Gasteiger partial charge is 0.216 e. The van der Waals surface area contributed by atoms with Crippen LogP contribution in [-0.4, -0.2) is 11.0 Å². The van der Waals surface area contributed by atoms with Crippen molar-refractivity contribution in [2.75, 3.05) is 0 Å². The highest BCUT2D eigenvalue weighted by Crippen LogP contribution is 2.13. The van der Waals surface area contributed by atoms with Gasteiger partial charge in [-0.25, -0.2) is 0 Å². The summed E-state index contributed by atoms with van der Waals surface area (Å²) in [7, 11) is 0. The van der Waals surface area contributed by atoms with Gasteiger partial charge in [0.05, 0.1) is 0 Å². The summed E-state index contributed by atoms with van der Waals surface area (Å²) in [6.45, 7) is 1.99. The summed E-state index contributed by atoms with van der Waals surface area (Å²) in [6.07, 6.45) is 1.51. The van der Waals surface area contributed by atoms with E-state index in [0.717, 1.165) is 15.9 Å². The molecule has 0 saturated carbocycles. The van der Waals surface area contributed by atoms with Crippen molar-refractivity contribution in [2.45, 2.75) is 6.92 Å². The lowest BCUT2D eigenvalue weighted by atomic mass is 10.2. The normalized spacial score (nSPS) is 11.5. The second-order valence-electron chi connectivity index (χ2n) is 3.85. The lowest BCUT2D eigenvalue weighted by Gasteiger charge is -2.03. The molecule has 0 unspecified atom stereocenters. The predicted molar refractivity (Wildman–Crippen MR) is 71.1 cm³/mol. The van der Waals surface area contributed by atoms with E-state index in [4.69, 9.17) is 11.6 Å². The van der Waals surface area contributed by atoms with Crippen molar-refractivity contribution in [1.82, 2.24) is 0 Å². The van der Waals surface area contributed by atoms with E-state index < -0.39 is 0 Å². The van der Waals surface area contributed by atoms with E-state index in [0.29, 0.717) is 10.7 Å². The Morgan fingerprint density at radius 2 is 1.82 bits per heavy atom. The molecule has 17 heavy (non-hydrogen) atoms. The Bertz CT molecular complexity index is 546. The third-order valence-electron chi connectivity index (χ3n) is 2.40. The van der Waals surface area contributed by atoms with Gasteiger partial charge in [0, 0.05) is 22.7 Å². The van der Waals surface area contributed by atoms with Gasteiger partial charge in [-0.05, 0) is 25.1 Å². The monoisotopic (exact) mass is 245 g/mol. The quantitative estimate of drug-likeness (QED) is 0.341. The van der Waals surface area contributed by atoms with Gasteiger partial charge in [0.25, 0.3) is 0 Å². The third kappa shape index (κ3) is 3.08. The number of benzene rings is 2. The zero-order valence-electron chi connectivity index (χ0n) is 9.43. The number of hydrogen-bond donors (Lipinski definition) is 0. The van der Waals surface area contributed by atoms with E-state index in [1.165, 1.54) is 6.21 Å². The van der Waals surface area contributed by atoms with Crippen molar-refractivity contribution in [2.24, 2.45) is 0 Å². The topological polar surface area (TPSA) is 26.1 Å². The fourth-order valence-electron chi connectivity index (χ4n) is 1.49. The average Bonchev–Trinajstić information content (AvgIpc) is 2.29. The first-order valence-electron chi connectivity index (χ1n) is 5.28. The Kier molecular flexibility index (Phi) is 3.45. The van der Waals surface area contributed by atoms with Gasteiger partial charge >= 0.3 is 0 Å². The molecular weight excluding hydrogens is 234 g/mol. The second-order valence-corrected chi connectivity index (χ2v) is 4.28. The fourth-order valence-corrected chi connectivity index (χ4v) is 1.69. The maximum absolute atomic E-state index is 11.9. The third-order valence-corrected chi connectivity index (χ3v) is 2.64. The second kappa shape index (κ2) is 5.02. The highest BCUT2D eigenvalue weighted by molar-refractivity contribution is 6.30. The minimum atomic E-state index is 0.607. The highest BCUT2D eigenvalue weighted by atomic mass is 35.5. The van der Waals surface area contributed by atoms with Crippen LogP contribution in [0.1, 0.15) is 11.1 Å². The zero-order valence-corrected chi connectivity index (χ0v) is 10.2. The van der Waals surface area contributed by atoms with E-state index in [9.17, 15) is 5.21 Å². The van der Waals surface area contributed by atoms with E-state index >= 15 is 0 Å². The van der Waals surface area contributed by atoms with Crippen molar-refractivity contribution in [3.05, 3.63) is 69.9 Å². The van der Waals surface area contributed by atoms with Gasteiger partial charge in [0.1, 0.15) is 0 Å². The summed E-state index contributed by atoms with van der Waals surface area (Å²) in [5.74, 6) is 0. The number of aryl methyl sites for hydroxylation is 1. The lowest BCUT2D eigenvalue weighted by Crippen LogP contribution is -1.98. The van der Waals surface area contributed by atoms with Crippen molar-refractivity contribution >= 4 is 23.5 Å². The zero-order chi connectivity index (χ0) is 12.3. The molecule has 0 aromatic heterocycles. The number of nitrogens with zero attached hydrogens (tertiary/aromatic N) is 1. The van der Waals surface area contributed by atoms with Crippen LogP contribution in [0.4, 0.5) is 5.69 Å². The molecule has 0 radical (unpaired) electrons. The number of halogens is 1. The standard InChI is InChI=1S/C14H12ClNO/c1-11-5-7-14(8-6-11)16(17)10-12-3-2-4-13(15)9-12/h2-10H,1H3. The summed E-state index contributed by atoms with van der Waals surface area (Å²) in [5.41, 5.74) is 2.52. The van der Waals surface area contributed by atoms with Crippen LogP contribution in [0.3, 0.4) is 0 Å². The largest absolute Gasteiger partial charge is 0.618 e. The first-order chi connectivity index (χ1) is 8.15. The molecule has 0 saturated heterocycles. The molecule has 86 valence electrons. The molecular formula is C14H12ClNO. The molecule has 0 aliphatic rings. The van der Waals surface area contributed by atoms with Crippen LogP contribution in [-0.2, 0) is 0 Å². The van der Waals surface area contributed by atoms with Crippen LogP contribution in [0, 0.1) is 12.1 Å². The molecule has 0 atom stereocenters. The van der Waals surface area contributed by atoms with Crippen LogP contribution in [0.2, 0.25) is 5.02 Å². The van der Waals surface area contributed by atoms with Gasteiger partial charge in [-0.2, -0.15) is 4.74 Å². The molecule has 0 bridgehead atoms. The first kappa shape index (κ1) is 11.7. The predicted octanol–water partition coefficient (Wildman–Crippen LogP) is 3.91. The lowest BCUT2D eigenvalue weighted by molar-refractivity contribution is -0.354. The number of hydrogen-bond acceptors (Lipinski definition) is 1. The minimum absolute atomic E-state index is 0.607. The Hall–Kier alpha value is -1.80. The summed E-state index contributed by atoms with van der Waals surface area (Å²) in [4.78, 5) is 0. The molecule has 3 heteroatoms. The fraction of sp³-hybridized carbons (Fsp3) is 0.0714. The molecule has 0 heterocycles. The molecule has 2 rings (SSSR count). The Morgan fingerprint density at radius 3 is 2.47 bits per heavy atom. The van der Waals surface area contributed by atoms with E-state index in [1.807, 2.05) is 31.2 Å². The van der Waals surface area contributed by atoms with Crippen LogP contribution < -0.4 is 0 Å². The Balaban J connectivity index is 2.30. The van der Waals surface area contributed by atoms with Crippen LogP contribution in [0.15, 0.2) is 48.5 Å². The van der Waals surface area contributed by atoms with Gasteiger partial charge in [-0.1, -0.05) is 35.4 Å². The van der Waals surface area contributed by atoms with Crippen LogP contribution >= 0.6 is 11.6 Å². The van der Waals surface area contributed by atoms with Crippen LogP contribution in [0.5, 0.6) is 0 Å². The molecule has 0 amide bonds. The molecule has 0 N–H and O–H groups in total. The summed E-state index contributed by atoms with van der Waals surface area (Å²) in [5, 5.41) is 12.5. The minimum Gasteiger partial charge on any atom is -0.618 e. The average molecular weight is 246 g/mol. The van der Waals surface area contributed by atoms with E-state index in [1.54, 1.807) is 24.3 Å². The van der Waals surface area contributed by atoms with Gasteiger partial charge in [-0.3, -0.25) is 0 Å². The molecule has 2 aromatic carbocycles. The molecule has 0 spiro atoms. The van der Waals surface area contributed by atoms with E-state index in [2.05, 4.69) is 0 Å². The molecule has 2 aromatic rings. The van der Waals surface area contributed by atoms with Crippen molar-refractivity contribution in [1.29, 1.82) is 0 Å².